The normalized spacial score (nSPS) is 7.50. The van der Waals surface area contributed by atoms with Gasteiger partial charge in [0.15, 0.2) is 0 Å². The van der Waals surface area contributed by atoms with Crippen LogP contribution in [-0.4, -0.2) is 33.3 Å². The van der Waals surface area contributed by atoms with Crippen LogP contribution in [0.15, 0.2) is 0 Å². The van der Waals surface area contributed by atoms with Crippen molar-refractivity contribution in [3.63, 3.8) is 0 Å². The number of hydrogen-bond donors (Lipinski definition) is 0. The van der Waals surface area contributed by atoms with Crippen molar-refractivity contribution in [3.05, 3.63) is 0 Å². The Balaban J connectivity index is 4.02. The quantitative estimate of drug-likeness (QED) is 0.467. The van der Waals surface area contributed by atoms with Crippen molar-refractivity contribution < 1.29 is 17.8 Å². The molecular weight excluding hydrogens is 176 g/mol. The second kappa shape index (κ2) is 4.00. The summed E-state index contributed by atoms with van der Waals surface area (Å²) in [5.41, 5.74) is 0. The first-order chi connectivity index (χ1) is 3.72. The summed E-state index contributed by atoms with van der Waals surface area (Å²) in [6.45, 7) is 0. The lowest BCUT2D eigenvalue weighted by Crippen LogP contribution is -2.23. The van der Waals surface area contributed by atoms with Crippen LogP contribution >= 0.6 is 0 Å². The molecule has 0 rings (SSSR count). The molecule has 0 unspecified atom stereocenters. The summed E-state index contributed by atoms with van der Waals surface area (Å²) in [4.78, 5) is 0. The highest BCUT2D eigenvalue weighted by atomic mass is 29.7. The van der Waals surface area contributed by atoms with E-state index in [4.69, 9.17) is 0 Å². The highest BCUT2D eigenvalue weighted by Gasteiger charge is 2.20. The topological polar surface area (TPSA) is 68.3 Å². The average Bonchev–Trinajstić information content (AvgIpc) is 1.84. The fourth-order valence-electron chi connectivity index (χ4n) is 0.0927. The molecule has 0 saturated heterocycles. The van der Waals surface area contributed by atoms with Crippen LogP contribution in [0.4, 0.5) is 0 Å². The van der Waals surface area contributed by atoms with E-state index in [1.807, 2.05) is 0 Å². The zero-order valence-corrected chi connectivity index (χ0v) is 7.63. The molecule has 0 aliphatic carbocycles. The second-order valence-electron chi connectivity index (χ2n) is 0.862. The van der Waals surface area contributed by atoms with Crippen LogP contribution in [0, 0.1) is 0 Å². The van der Waals surface area contributed by atoms with Crippen molar-refractivity contribution >= 4 is 33.3 Å². The van der Waals surface area contributed by atoms with Gasteiger partial charge in [-0.2, -0.15) is 0 Å². The lowest BCUT2D eigenvalue weighted by atomic mass is 16.0. The van der Waals surface area contributed by atoms with Gasteiger partial charge in [-0.25, -0.2) is 0 Å². The van der Waals surface area contributed by atoms with Gasteiger partial charge < -0.3 is 17.8 Å². The summed E-state index contributed by atoms with van der Waals surface area (Å²) in [7, 11) is -7.07. The van der Waals surface area contributed by atoms with Gasteiger partial charge in [0.05, 0.1) is 0 Å². The lowest BCUT2D eigenvalue weighted by molar-refractivity contribution is 0.547. The van der Waals surface area contributed by atoms with Crippen LogP contribution in [0.25, 0.3) is 0 Å². The Morgan fingerprint density at radius 1 is 0.875 bits per heavy atom. The van der Waals surface area contributed by atoms with E-state index < -0.39 is 33.3 Å². The predicted molar refractivity (Wildman–Crippen MR) is 25.8 cm³/mol. The van der Waals surface area contributed by atoms with Gasteiger partial charge in [-0.05, 0) is 0 Å². The van der Waals surface area contributed by atoms with Gasteiger partial charge in [0.1, 0.15) is 0 Å². The Kier molecular flexibility index (Phi) is 4.03. The third-order valence-electron chi connectivity index (χ3n) is 0.392. The van der Waals surface area contributed by atoms with E-state index in [-0.39, 0.29) is 0 Å². The van der Waals surface area contributed by atoms with Crippen molar-refractivity contribution in [3.8, 4) is 0 Å². The van der Waals surface area contributed by atoms with Crippen LogP contribution in [-0.2, 0) is 17.8 Å². The zero-order chi connectivity index (χ0) is 6.57. The van der Waals surface area contributed by atoms with E-state index in [2.05, 4.69) is 0 Å². The Morgan fingerprint density at radius 2 is 1.12 bits per heavy atom. The standard InChI is InChI=1S/O4Si4/c1-5-7(3)8(4)6-2. The van der Waals surface area contributed by atoms with Crippen LogP contribution in [0.1, 0.15) is 0 Å². The molecule has 0 spiro atoms. The number of rotatable bonds is 3. The zero-order valence-electron chi connectivity index (χ0n) is 3.63. The van der Waals surface area contributed by atoms with Gasteiger partial charge in [0, 0.05) is 0 Å². The molecule has 8 heteroatoms. The third kappa shape index (κ3) is 2.39. The molecule has 0 fully saturated rings. The van der Waals surface area contributed by atoms with Crippen molar-refractivity contribution in [2.75, 3.05) is 0 Å². The molecule has 0 saturated carbocycles. The fourth-order valence-corrected chi connectivity index (χ4v) is 5.26. The van der Waals surface area contributed by atoms with Crippen molar-refractivity contribution in [2.45, 2.75) is 0 Å². The molecule has 0 amide bonds. The largest absolute Gasteiger partial charge is 0.381 e. The first kappa shape index (κ1) is 8.07. The van der Waals surface area contributed by atoms with Crippen molar-refractivity contribution in [2.24, 2.45) is 0 Å². The molecule has 0 N–H and O–H groups in total. The maximum absolute atomic E-state index is 10.2. The maximum Gasteiger partial charge on any atom is 0.381 e. The molecule has 0 bridgehead atoms. The van der Waals surface area contributed by atoms with E-state index in [9.17, 15) is 17.8 Å². The van der Waals surface area contributed by atoms with Gasteiger partial charge in [-0.3, -0.25) is 0 Å². The summed E-state index contributed by atoms with van der Waals surface area (Å²) < 4.78 is 39.7. The van der Waals surface area contributed by atoms with Crippen LogP contribution in [0.2, 0.25) is 0 Å². The third-order valence-corrected chi connectivity index (χ3v) is 11.7. The molecule has 4 nitrogen and oxygen atoms in total. The Bertz CT molecular complexity index is 128. The second-order valence-corrected chi connectivity index (χ2v) is 12.3. The smallest absolute Gasteiger partial charge is 0.381 e. The minimum atomic E-state index is -2.49. The van der Waals surface area contributed by atoms with Gasteiger partial charge in [0.25, 0.3) is 0 Å². The average molecular weight is 176 g/mol. The van der Waals surface area contributed by atoms with E-state index in [0.29, 0.717) is 0 Å². The first-order valence-corrected chi connectivity index (χ1v) is 9.20. The van der Waals surface area contributed by atoms with Crippen LogP contribution in [0.5, 0.6) is 0 Å². The summed E-state index contributed by atoms with van der Waals surface area (Å²) in [6.07, 6.45) is 0. The van der Waals surface area contributed by atoms with E-state index in [1.165, 1.54) is 0 Å². The minimum Gasteiger partial charge on any atom is -0.381 e. The first-order valence-electron chi connectivity index (χ1n) is 1.57. The Hall–Kier alpha value is 0.0675. The molecule has 0 aliphatic rings. The van der Waals surface area contributed by atoms with E-state index in [1.54, 1.807) is 0 Å². The molecule has 0 atom stereocenters. The van der Waals surface area contributed by atoms with Crippen LogP contribution < -0.4 is 0 Å². The summed E-state index contributed by atoms with van der Waals surface area (Å²) in [5, 5.41) is 0. The molecule has 8 heavy (non-hydrogen) atoms. The van der Waals surface area contributed by atoms with E-state index >= 15 is 0 Å². The minimum absolute atomic E-state index is 1.05. The molecule has 0 aromatic rings. The Labute approximate surface area is 51.8 Å². The monoisotopic (exact) mass is 176 g/mol. The highest BCUT2D eigenvalue weighted by Crippen LogP contribution is 1.54. The highest BCUT2D eigenvalue weighted by molar-refractivity contribution is 7.45. The van der Waals surface area contributed by atoms with E-state index in [0.717, 1.165) is 0 Å². The van der Waals surface area contributed by atoms with Crippen molar-refractivity contribution in [1.29, 1.82) is 0 Å². The molecule has 2 radical (unpaired) electrons. The van der Waals surface area contributed by atoms with Crippen molar-refractivity contribution in [1.82, 2.24) is 0 Å². The Morgan fingerprint density at radius 3 is 1.25 bits per heavy atom. The SMILES string of the molecule is O=[Si][Si](=O)[Si](=O)[Si]=O. The van der Waals surface area contributed by atoms with Gasteiger partial charge in [-0.1, -0.05) is 0 Å². The lowest BCUT2D eigenvalue weighted by Gasteiger charge is -1.63. The number of hydrogen-bond acceptors (Lipinski definition) is 4. The molecule has 40 valence electrons. The van der Waals surface area contributed by atoms with Gasteiger partial charge in [0.2, 0.25) is 0 Å². The molecule has 0 aliphatic heterocycles. The molecule has 0 aromatic heterocycles. The predicted octanol–water partition coefficient (Wildman–Crippen LogP) is -2.00. The van der Waals surface area contributed by atoms with Gasteiger partial charge >= 0.3 is 33.3 Å². The van der Waals surface area contributed by atoms with Crippen LogP contribution in [0.3, 0.4) is 0 Å². The summed E-state index contributed by atoms with van der Waals surface area (Å²) in [6, 6.07) is 0. The molecular formula is O4Si4. The summed E-state index contributed by atoms with van der Waals surface area (Å²) >= 11 is 0. The summed E-state index contributed by atoms with van der Waals surface area (Å²) in [5.74, 6) is 0. The molecule has 0 heterocycles. The molecule has 0 aromatic carbocycles. The maximum atomic E-state index is 10.2. The van der Waals surface area contributed by atoms with Gasteiger partial charge in [-0.15, -0.1) is 0 Å². The fraction of sp³-hybridized carbons (Fsp3) is 0.